The number of hydrogen-bond acceptors (Lipinski definition) is 1. The quantitative estimate of drug-likeness (QED) is 0.353. The molecule has 1 atom stereocenters. The first-order valence-corrected chi connectivity index (χ1v) is 2.62. The van der Waals surface area contributed by atoms with Crippen LogP contribution in [0.25, 0.3) is 0 Å². The molecule has 0 spiro atoms. The maximum atomic E-state index is 9.48. The summed E-state index contributed by atoms with van der Waals surface area (Å²) >= 11 is 0. The van der Waals surface area contributed by atoms with E-state index in [-0.39, 0.29) is 0 Å². The monoisotopic (exact) mass is 92.0 g/mol. The van der Waals surface area contributed by atoms with Crippen molar-refractivity contribution < 1.29 is 8.76 Å². The minimum Gasteiger partial charge on any atom is -0.316 e. The predicted octanol–water partition coefficient (Wildman–Crippen LogP) is -0.392. The fraction of sp³-hybridized carbons (Fsp3) is 1.00. The standard InChI is InChI=1S/CH5BO2S/c1-2-5(3)4/h2H,1H3,(H,3,4). The van der Waals surface area contributed by atoms with Gasteiger partial charge in [0, 0.05) is 0 Å². The van der Waals surface area contributed by atoms with E-state index in [1.807, 2.05) is 0 Å². The first-order chi connectivity index (χ1) is 2.27. The van der Waals surface area contributed by atoms with E-state index in [0.29, 0.717) is 6.56 Å². The largest absolute Gasteiger partial charge is 0.316 e. The number of hydrogen-bond donors (Lipinski definition) is 1. The van der Waals surface area contributed by atoms with Crippen molar-refractivity contribution in [3.63, 3.8) is 0 Å². The highest BCUT2D eigenvalue weighted by atomic mass is 32.2. The lowest BCUT2D eigenvalue weighted by atomic mass is 10.2. The third-order valence-corrected chi connectivity index (χ3v) is 0.741. The van der Waals surface area contributed by atoms with E-state index >= 15 is 0 Å². The molecule has 4 heteroatoms. The molecule has 2 nitrogen and oxygen atoms in total. The molecule has 1 N–H and O–H groups in total. The summed E-state index contributed by atoms with van der Waals surface area (Å²) in [5, 5.41) is 0. The van der Waals surface area contributed by atoms with Gasteiger partial charge < -0.3 is 4.55 Å². The highest BCUT2D eigenvalue weighted by Crippen LogP contribution is 1.59. The zero-order valence-corrected chi connectivity index (χ0v) is 3.79. The maximum absolute atomic E-state index is 9.48. The van der Waals surface area contributed by atoms with Crippen LogP contribution in [0.2, 0.25) is 6.82 Å². The summed E-state index contributed by atoms with van der Waals surface area (Å²) in [6, 6.07) is 0. The van der Waals surface area contributed by atoms with Crippen molar-refractivity contribution in [1.82, 2.24) is 0 Å². The molecule has 0 rings (SSSR count). The molecule has 1 unspecified atom stereocenters. The van der Waals surface area contributed by atoms with Crippen molar-refractivity contribution in [2.24, 2.45) is 0 Å². The van der Waals surface area contributed by atoms with Crippen molar-refractivity contribution in [3.05, 3.63) is 0 Å². The minimum absolute atomic E-state index is 0.333. The molecule has 0 bridgehead atoms. The molecule has 0 aromatic carbocycles. The van der Waals surface area contributed by atoms with Gasteiger partial charge in [0.2, 0.25) is 0 Å². The van der Waals surface area contributed by atoms with Gasteiger partial charge in [-0.25, -0.2) is 4.21 Å². The number of rotatable bonds is 1. The molecule has 0 saturated heterocycles. The maximum Gasteiger partial charge on any atom is 0.267 e. The van der Waals surface area contributed by atoms with E-state index < -0.39 is 10.9 Å². The van der Waals surface area contributed by atoms with Crippen LogP contribution in [-0.2, 0) is 10.9 Å². The van der Waals surface area contributed by atoms with Crippen LogP contribution in [0, 0.1) is 0 Å². The van der Waals surface area contributed by atoms with Crippen LogP contribution < -0.4 is 0 Å². The Morgan fingerprint density at radius 3 is 2.20 bits per heavy atom. The van der Waals surface area contributed by atoms with Crippen LogP contribution in [0.1, 0.15) is 0 Å². The van der Waals surface area contributed by atoms with Crippen molar-refractivity contribution >= 4 is 17.5 Å². The molecule has 30 valence electrons. The second-order valence-corrected chi connectivity index (χ2v) is 1.83. The highest BCUT2D eigenvalue weighted by molar-refractivity contribution is 8.05. The van der Waals surface area contributed by atoms with Crippen LogP contribution >= 0.6 is 0 Å². The van der Waals surface area contributed by atoms with Crippen LogP contribution in [0.3, 0.4) is 0 Å². The molecule has 0 radical (unpaired) electrons. The van der Waals surface area contributed by atoms with Crippen molar-refractivity contribution in [2.75, 3.05) is 0 Å². The van der Waals surface area contributed by atoms with Crippen LogP contribution in [0.15, 0.2) is 0 Å². The first kappa shape index (κ1) is 5.17. The van der Waals surface area contributed by atoms with E-state index in [0.717, 1.165) is 0 Å². The van der Waals surface area contributed by atoms with Crippen molar-refractivity contribution in [2.45, 2.75) is 6.82 Å². The summed E-state index contributed by atoms with van der Waals surface area (Å²) in [6.45, 7) is 1.98. The summed E-state index contributed by atoms with van der Waals surface area (Å²) in [5.74, 6) is 0. The topological polar surface area (TPSA) is 37.3 Å². The molecule has 0 aliphatic carbocycles. The Hall–Kier alpha value is 0.175. The second kappa shape index (κ2) is 2.41. The van der Waals surface area contributed by atoms with Gasteiger partial charge in [-0.1, -0.05) is 6.82 Å². The van der Waals surface area contributed by atoms with Crippen molar-refractivity contribution in [3.8, 4) is 0 Å². The van der Waals surface area contributed by atoms with Crippen LogP contribution in [0.5, 0.6) is 0 Å². The molecule has 0 aliphatic rings. The van der Waals surface area contributed by atoms with Gasteiger partial charge in [0.05, 0.1) is 10.9 Å². The SMILES string of the molecule is CBS(=O)O. The predicted molar refractivity (Wildman–Crippen MR) is 23.8 cm³/mol. The lowest BCUT2D eigenvalue weighted by Crippen LogP contribution is -1.90. The molecule has 0 amide bonds. The lowest BCUT2D eigenvalue weighted by Gasteiger charge is -1.70. The van der Waals surface area contributed by atoms with Gasteiger partial charge in [0.1, 0.15) is 0 Å². The molecule has 5 heavy (non-hydrogen) atoms. The Kier molecular flexibility index (Phi) is 2.50. The van der Waals surface area contributed by atoms with Crippen LogP contribution in [0.4, 0.5) is 0 Å². The smallest absolute Gasteiger partial charge is 0.267 e. The Morgan fingerprint density at radius 1 is 2.00 bits per heavy atom. The average Bonchev–Trinajstić information content (AvgIpc) is 1.38. The minimum atomic E-state index is -1.57. The van der Waals surface area contributed by atoms with E-state index in [1.165, 1.54) is 0 Å². The van der Waals surface area contributed by atoms with Gasteiger partial charge >= 0.3 is 0 Å². The van der Waals surface area contributed by atoms with E-state index in [4.69, 9.17) is 4.55 Å². The normalized spacial score (nSPS) is 14.0. The zero-order valence-electron chi connectivity index (χ0n) is 2.97. The third kappa shape index (κ3) is 4.17. The molecule has 0 aromatic rings. The van der Waals surface area contributed by atoms with Crippen molar-refractivity contribution in [1.29, 1.82) is 0 Å². The molecule has 0 heterocycles. The highest BCUT2D eigenvalue weighted by Gasteiger charge is 1.81. The lowest BCUT2D eigenvalue weighted by molar-refractivity contribution is 0.579. The molecular weight excluding hydrogens is 86.9 g/mol. The first-order valence-electron chi connectivity index (χ1n) is 1.35. The fourth-order valence-corrected chi connectivity index (χ4v) is 0. The van der Waals surface area contributed by atoms with E-state index in [2.05, 4.69) is 0 Å². The van der Waals surface area contributed by atoms with Crippen LogP contribution in [-0.4, -0.2) is 15.3 Å². The van der Waals surface area contributed by atoms with E-state index in [1.54, 1.807) is 6.82 Å². The van der Waals surface area contributed by atoms with Gasteiger partial charge in [-0.3, -0.25) is 0 Å². The summed E-state index contributed by atoms with van der Waals surface area (Å²) < 4.78 is 17.3. The van der Waals surface area contributed by atoms with E-state index in [9.17, 15) is 4.21 Å². The second-order valence-electron chi connectivity index (χ2n) is 0.610. The fourth-order valence-electron chi connectivity index (χ4n) is 0. The summed E-state index contributed by atoms with van der Waals surface area (Å²) in [6.07, 6.45) is 0. The zero-order chi connectivity index (χ0) is 4.28. The van der Waals surface area contributed by atoms with Gasteiger partial charge in [0.15, 0.2) is 0 Å². The summed E-state index contributed by atoms with van der Waals surface area (Å²) in [7, 11) is -1.57. The summed E-state index contributed by atoms with van der Waals surface area (Å²) in [4.78, 5) is 0. The average molecular weight is 91.9 g/mol. The Balaban J connectivity index is 2.85. The molecule has 0 aliphatic heterocycles. The van der Waals surface area contributed by atoms with Gasteiger partial charge in [-0.05, 0) is 0 Å². The molecule has 0 fully saturated rings. The molecular formula is CH5BO2S. The molecule has 0 aromatic heterocycles. The summed E-state index contributed by atoms with van der Waals surface area (Å²) in [5.41, 5.74) is 0. The Labute approximate surface area is 34.0 Å². The Morgan fingerprint density at radius 2 is 2.20 bits per heavy atom. The third-order valence-electron chi connectivity index (χ3n) is 0.247. The van der Waals surface area contributed by atoms with Gasteiger partial charge in [-0.2, -0.15) is 0 Å². The molecule has 0 saturated carbocycles. The Bertz CT molecular complexity index is 44.9. The van der Waals surface area contributed by atoms with Gasteiger partial charge in [0.25, 0.3) is 6.56 Å². The van der Waals surface area contributed by atoms with Gasteiger partial charge in [-0.15, -0.1) is 0 Å².